The highest BCUT2D eigenvalue weighted by Crippen LogP contribution is 2.29. The maximum atomic E-state index is 5.73. The molecule has 17 heavy (non-hydrogen) atoms. The molecule has 1 aromatic rings. The largest absolute Gasteiger partial charge is 0.490 e. The van der Waals surface area contributed by atoms with Crippen LogP contribution in [0.15, 0.2) is 18.2 Å². The Balaban J connectivity index is 2.79. The molecule has 1 aromatic carbocycles. The summed E-state index contributed by atoms with van der Waals surface area (Å²) in [4.78, 5) is 0. The highest BCUT2D eigenvalue weighted by molar-refractivity contribution is 5.43. The lowest BCUT2D eigenvalue weighted by Gasteiger charge is -2.14. The van der Waals surface area contributed by atoms with E-state index < -0.39 is 0 Å². The number of nitrogens with two attached hydrogens (primary N) is 1. The van der Waals surface area contributed by atoms with Crippen molar-refractivity contribution in [2.45, 2.75) is 27.2 Å². The third-order valence-corrected chi connectivity index (χ3v) is 2.31. The molecule has 0 spiro atoms. The Kier molecular flexibility index (Phi) is 5.84. The first-order valence-corrected chi connectivity index (χ1v) is 6.26. The number of hydrogen-bond donors (Lipinski definition) is 1. The maximum absolute atomic E-state index is 5.73. The Labute approximate surface area is 104 Å². The first-order valence-electron chi connectivity index (χ1n) is 6.26. The molecule has 0 bridgehead atoms. The van der Waals surface area contributed by atoms with Crippen molar-refractivity contribution >= 4 is 0 Å². The molecule has 2 N–H and O–H groups in total. The topological polar surface area (TPSA) is 44.5 Å². The maximum Gasteiger partial charge on any atom is 0.161 e. The molecule has 0 radical (unpaired) electrons. The quantitative estimate of drug-likeness (QED) is 0.793. The van der Waals surface area contributed by atoms with Crippen LogP contribution >= 0.6 is 0 Å². The molecule has 0 fully saturated rings. The van der Waals surface area contributed by atoms with Gasteiger partial charge in [0.2, 0.25) is 0 Å². The van der Waals surface area contributed by atoms with Crippen molar-refractivity contribution < 1.29 is 9.47 Å². The second-order valence-corrected chi connectivity index (χ2v) is 4.46. The van der Waals surface area contributed by atoms with Crippen molar-refractivity contribution in [3.05, 3.63) is 23.8 Å². The molecule has 0 aliphatic carbocycles. The SMILES string of the molecule is CCOc1cc(CCN)ccc1OCC(C)C. The molecular formula is C14H23NO2. The van der Waals surface area contributed by atoms with E-state index in [9.17, 15) is 0 Å². The number of benzene rings is 1. The van der Waals surface area contributed by atoms with E-state index in [0.29, 0.717) is 25.7 Å². The molecule has 1 rings (SSSR count). The molecule has 0 aliphatic heterocycles. The average molecular weight is 237 g/mol. The first-order chi connectivity index (χ1) is 8.17. The van der Waals surface area contributed by atoms with Gasteiger partial charge in [-0.2, -0.15) is 0 Å². The Morgan fingerprint density at radius 2 is 1.94 bits per heavy atom. The van der Waals surface area contributed by atoms with Crippen LogP contribution in [0.1, 0.15) is 26.3 Å². The lowest BCUT2D eigenvalue weighted by Crippen LogP contribution is -2.07. The summed E-state index contributed by atoms with van der Waals surface area (Å²) in [5.74, 6) is 2.15. The van der Waals surface area contributed by atoms with Gasteiger partial charge in [-0.1, -0.05) is 19.9 Å². The fourth-order valence-corrected chi connectivity index (χ4v) is 1.52. The van der Waals surface area contributed by atoms with E-state index in [-0.39, 0.29) is 0 Å². The molecule has 0 saturated heterocycles. The number of rotatable bonds is 7. The van der Waals surface area contributed by atoms with Gasteiger partial charge in [-0.05, 0) is 43.5 Å². The van der Waals surface area contributed by atoms with E-state index in [1.54, 1.807) is 0 Å². The summed E-state index contributed by atoms with van der Waals surface area (Å²) in [6.45, 7) is 8.23. The van der Waals surface area contributed by atoms with E-state index in [2.05, 4.69) is 13.8 Å². The monoisotopic (exact) mass is 237 g/mol. The molecule has 3 nitrogen and oxygen atoms in total. The van der Waals surface area contributed by atoms with Crippen molar-refractivity contribution in [1.82, 2.24) is 0 Å². The van der Waals surface area contributed by atoms with Crippen LogP contribution < -0.4 is 15.2 Å². The van der Waals surface area contributed by atoms with Crippen LogP contribution in [0.5, 0.6) is 11.5 Å². The Morgan fingerprint density at radius 3 is 2.53 bits per heavy atom. The summed E-state index contributed by atoms with van der Waals surface area (Å²) in [5.41, 5.74) is 6.74. The van der Waals surface area contributed by atoms with E-state index in [4.69, 9.17) is 15.2 Å². The Bertz CT molecular complexity index is 337. The molecule has 0 amide bonds. The molecule has 0 atom stereocenters. The van der Waals surface area contributed by atoms with Gasteiger partial charge in [-0.3, -0.25) is 0 Å². The molecule has 96 valence electrons. The number of ether oxygens (including phenoxy) is 2. The summed E-state index contributed by atoms with van der Waals surface area (Å²) < 4.78 is 11.3. The van der Waals surface area contributed by atoms with Gasteiger partial charge in [0.25, 0.3) is 0 Å². The second kappa shape index (κ2) is 7.17. The lowest BCUT2D eigenvalue weighted by atomic mass is 10.1. The highest BCUT2D eigenvalue weighted by atomic mass is 16.5. The fourth-order valence-electron chi connectivity index (χ4n) is 1.52. The lowest BCUT2D eigenvalue weighted by molar-refractivity contribution is 0.248. The van der Waals surface area contributed by atoms with Crippen LogP contribution in [0, 0.1) is 5.92 Å². The summed E-state index contributed by atoms with van der Waals surface area (Å²) in [7, 11) is 0. The Hall–Kier alpha value is -1.22. The summed E-state index contributed by atoms with van der Waals surface area (Å²) in [6.07, 6.45) is 0.866. The van der Waals surface area contributed by atoms with Gasteiger partial charge in [0.15, 0.2) is 11.5 Å². The molecule has 0 heterocycles. The molecular weight excluding hydrogens is 214 g/mol. The van der Waals surface area contributed by atoms with Gasteiger partial charge in [0, 0.05) is 0 Å². The van der Waals surface area contributed by atoms with Crippen LogP contribution in [0.2, 0.25) is 0 Å². The zero-order valence-electron chi connectivity index (χ0n) is 11.0. The van der Waals surface area contributed by atoms with Gasteiger partial charge < -0.3 is 15.2 Å². The van der Waals surface area contributed by atoms with E-state index in [1.807, 2.05) is 25.1 Å². The van der Waals surface area contributed by atoms with E-state index in [0.717, 1.165) is 17.9 Å². The van der Waals surface area contributed by atoms with Gasteiger partial charge in [-0.25, -0.2) is 0 Å². The second-order valence-electron chi connectivity index (χ2n) is 4.46. The highest BCUT2D eigenvalue weighted by Gasteiger charge is 2.07. The molecule has 0 aromatic heterocycles. The summed E-state index contributed by atoms with van der Waals surface area (Å²) in [6, 6.07) is 6.04. The van der Waals surface area contributed by atoms with Gasteiger partial charge >= 0.3 is 0 Å². The van der Waals surface area contributed by atoms with Crippen LogP contribution in [0.25, 0.3) is 0 Å². The minimum atomic E-state index is 0.508. The van der Waals surface area contributed by atoms with Crippen LogP contribution in [0.3, 0.4) is 0 Å². The predicted octanol–water partition coefficient (Wildman–Crippen LogP) is 2.62. The first kappa shape index (κ1) is 13.8. The normalized spacial score (nSPS) is 10.6. The molecule has 0 saturated carbocycles. The van der Waals surface area contributed by atoms with Crippen LogP contribution in [-0.2, 0) is 6.42 Å². The predicted molar refractivity (Wildman–Crippen MR) is 70.7 cm³/mol. The summed E-state index contributed by atoms with van der Waals surface area (Å²) in [5, 5.41) is 0. The van der Waals surface area contributed by atoms with Crippen molar-refractivity contribution in [3.63, 3.8) is 0 Å². The zero-order chi connectivity index (χ0) is 12.7. The van der Waals surface area contributed by atoms with Crippen LogP contribution in [-0.4, -0.2) is 19.8 Å². The van der Waals surface area contributed by atoms with Gasteiger partial charge in [0.05, 0.1) is 13.2 Å². The van der Waals surface area contributed by atoms with Crippen LogP contribution in [0.4, 0.5) is 0 Å². The zero-order valence-corrected chi connectivity index (χ0v) is 11.0. The smallest absolute Gasteiger partial charge is 0.161 e. The third-order valence-electron chi connectivity index (χ3n) is 2.31. The Morgan fingerprint density at radius 1 is 1.18 bits per heavy atom. The average Bonchev–Trinajstić information content (AvgIpc) is 2.28. The van der Waals surface area contributed by atoms with Crippen molar-refractivity contribution in [2.75, 3.05) is 19.8 Å². The van der Waals surface area contributed by atoms with Crippen molar-refractivity contribution in [2.24, 2.45) is 11.7 Å². The number of hydrogen-bond acceptors (Lipinski definition) is 3. The minimum Gasteiger partial charge on any atom is -0.490 e. The van der Waals surface area contributed by atoms with E-state index >= 15 is 0 Å². The van der Waals surface area contributed by atoms with Gasteiger partial charge in [-0.15, -0.1) is 0 Å². The minimum absolute atomic E-state index is 0.508. The van der Waals surface area contributed by atoms with Gasteiger partial charge in [0.1, 0.15) is 0 Å². The molecule has 0 aliphatic rings. The molecule has 3 heteroatoms. The van der Waals surface area contributed by atoms with E-state index in [1.165, 1.54) is 5.56 Å². The van der Waals surface area contributed by atoms with Crippen molar-refractivity contribution in [1.29, 1.82) is 0 Å². The fraction of sp³-hybridized carbons (Fsp3) is 0.571. The van der Waals surface area contributed by atoms with Crippen molar-refractivity contribution in [3.8, 4) is 11.5 Å². The molecule has 0 unspecified atom stereocenters. The standard InChI is InChI=1S/C14H23NO2/c1-4-16-14-9-12(7-8-15)5-6-13(14)17-10-11(2)3/h5-6,9,11H,4,7-8,10,15H2,1-3H3. The third kappa shape index (κ3) is 4.65. The summed E-state index contributed by atoms with van der Waals surface area (Å²) >= 11 is 0.